The van der Waals surface area contributed by atoms with Crippen LogP contribution in [0.15, 0.2) is 47.4 Å². The fourth-order valence-electron chi connectivity index (χ4n) is 4.37. The molecule has 0 N–H and O–H groups in total. The summed E-state index contributed by atoms with van der Waals surface area (Å²) >= 11 is 1.45. The number of rotatable bonds is 11. The zero-order chi connectivity index (χ0) is 25.7. The van der Waals surface area contributed by atoms with Gasteiger partial charge in [0.1, 0.15) is 11.3 Å². The first-order valence-corrected chi connectivity index (χ1v) is 14.8. The van der Waals surface area contributed by atoms with Crippen LogP contribution in [-0.2, 0) is 10.0 Å². The highest BCUT2D eigenvalue weighted by Crippen LogP contribution is 2.35. The zero-order valence-corrected chi connectivity index (χ0v) is 24.0. The number of benzene rings is 2. The van der Waals surface area contributed by atoms with Crippen molar-refractivity contribution in [3.05, 3.63) is 48.0 Å². The summed E-state index contributed by atoms with van der Waals surface area (Å²) in [6, 6.07) is 12.1. The van der Waals surface area contributed by atoms with Crippen LogP contribution in [0.4, 0.5) is 5.13 Å². The van der Waals surface area contributed by atoms with Crippen molar-refractivity contribution in [2.24, 2.45) is 0 Å². The molecule has 0 aliphatic carbocycles. The summed E-state index contributed by atoms with van der Waals surface area (Å²) < 4.78 is 34.0. The van der Waals surface area contributed by atoms with Gasteiger partial charge in [-0.05, 0) is 69.3 Å². The van der Waals surface area contributed by atoms with Crippen LogP contribution in [-0.4, -0.2) is 74.4 Å². The third-order valence-electron chi connectivity index (χ3n) is 6.48. The number of amides is 1. The summed E-state index contributed by atoms with van der Waals surface area (Å²) in [4.78, 5) is 22.7. The molecule has 1 aliphatic rings. The number of aromatic nitrogens is 1. The molecule has 4 rings (SSSR count). The number of hydrogen-bond donors (Lipinski definition) is 0. The molecule has 1 aliphatic heterocycles. The van der Waals surface area contributed by atoms with Gasteiger partial charge in [0.25, 0.3) is 5.91 Å². The maximum atomic E-state index is 13.7. The van der Waals surface area contributed by atoms with Crippen molar-refractivity contribution < 1.29 is 17.9 Å². The van der Waals surface area contributed by atoms with E-state index in [2.05, 4.69) is 18.7 Å². The summed E-state index contributed by atoms with van der Waals surface area (Å²) in [6.07, 6.45) is 1.76. The number of carbonyl (C=O) groups excluding carboxylic acids is 1. The van der Waals surface area contributed by atoms with Crippen molar-refractivity contribution in [1.82, 2.24) is 14.2 Å². The van der Waals surface area contributed by atoms with E-state index in [0.717, 1.165) is 36.1 Å². The molecule has 0 spiro atoms. The highest BCUT2D eigenvalue weighted by Gasteiger charge is 2.28. The molecule has 0 saturated carbocycles. The van der Waals surface area contributed by atoms with Crippen molar-refractivity contribution in [3.63, 3.8) is 0 Å². The normalized spacial score (nSPS) is 14.2. The standard InChI is InChI=1S/C26H34N4O4S2.ClH/c1-4-28(5-2)18-19-30(26-27-24-22(34-6-3)10-9-11-23(24)35-26)25(31)20-12-14-21(15-13-20)36(32,33)29-16-7-8-17-29;/h9-15H,4-8,16-19H2,1-3H3;1H. The third kappa shape index (κ3) is 6.43. The zero-order valence-electron chi connectivity index (χ0n) is 21.6. The van der Waals surface area contributed by atoms with Crippen molar-refractivity contribution in [2.45, 2.75) is 38.5 Å². The van der Waals surface area contributed by atoms with Crippen LogP contribution in [0.5, 0.6) is 5.75 Å². The second-order valence-electron chi connectivity index (χ2n) is 8.65. The molecule has 202 valence electrons. The van der Waals surface area contributed by atoms with Gasteiger partial charge in [0, 0.05) is 31.7 Å². The van der Waals surface area contributed by atoms with E-state index in [0.29, 0.717) is 49.2 Å². The largest absolute Gasteiger partial charge is 0.492 e. The van der Waals surface area contributed by atoms with E-state index in [9.17, 15) is 13.2 Å². The molecule has 37 heavy (non-hydrogen) atoms. The molecule has 11 heteroatoms. The van der Waals surface area contributed by atoms with Crippen LogP contribution in [0.1, 0.15) is 44.0 Å². The maximum Gasteiger partial charge on any atom is 0.260 e. The van der Waals surface area contributed by atoms with E-state index < -0.39 is 10.0 Å². The second kappa shape index (κ2) is 13.0. The Morgan fingerprint density at radius 1 is 1.03 bits per heavy atom. The van der Waals surface area contributed by atoms with E-state index in [-0.39, 0.29) is 23.2 Å². The number of halogens is 1. The number of anilines is 1. The Hall–Kier alpha value is -2.24. The number of likely N-dealkylation sites (N-methyl/N-ethyl adjacent to an activating group) is 1. The van der Waals surface area contributed by atoms with Gasteiger partial charge in [0.15, 0.2) is 5.13 Å². The van der Waals surface area contributed by atoms with Gasteiger partial charge in [0.2, 0.25) is 10.0 Å². The second-order valence-corrected chi connectivity index (χ2v) is 11.6. The predicted octanol–water partition coefficient (Wildman–Crippen LogP) is 4.89. The van der Waals surface area contributed by atoms with Crippen LogP contribution in [0.2, 0.25) is 0 Å². The molecule has 3 aromatic rings. The van der Waals surface area contributed by atoms with Crippen molar-refractivity contribution >= 4 is 55.0 Å². The summed E-state index contributed by atoms with van der Waals surface area (Å²) in [5.41, 5.74) is 1.17. The number of carbonyl (C=O) groups is 1. The van der Waals surface area contributed by atoms with Crippen molar-refractivity contribution in [3.8, 4) is 5.75 Å². The van der Waals surface area contributed by atoms with Crippen LogP contribution in [0.25, 0.3) is 10.2 Å². The van der Waals surface area contributed by atoms with Crippen LogP contribution in [0.3, 0.4) is 0 Å². The molecule has 1 saturated heterocycles. The fourth-order valence-corrected chi connectivity index (χ4v) is 6.89. The lowest BCUT2D eigenvalue weighted by molar-refractivity contribution is 0.0983. The first-order valence-electron chi connectivity index (χ1n) is 12.6. The molecule has 0 unspecified atom stereocenters. The van der Waals surface area contributed by atoms with Gasteiger partial charge in [-0.2, -0.15) is 4.31 Å². The van der Waals surface area contributed by atoms with E-state index in [1.165, 1.54) is 27.8 Å². The average Bonchev–Trinajstić information content (AvgIpc) is 3.58. The molecule has 1 fully saturated rings. The van der Waals surface area contributed by atoms with E-state index in [1.807, 2.05) is 25.1 Å². The number of fused-ring (bicyclic) bond motifs is 1. The number of nitrogens with zero attached hydrogens (tertiary/aromatic N) is 4. The summed E-state index contributed by atoms with van der Waals surface area (Å²) in [7, 11) is -3.53. The van der Waals surface area contributed by atoms with Gasteiger partial charge < -0.3 is 9.64 Å². The van der Waals surface area contributed by atoms with E-state index >= 15 is 0 Å². The smallest absolute Gasteiger partial charge is 0.260 e. The Labute approximate surface area is 229 Å². The van der Waals surface area contributed by atoms with Crippen molar-refractivity contribution in [1.29, 1.82) is 0 Å². The number of para-hydroxylation sites is 1. The minimum atomic E-state index is -3.53. The van der Waals surface area contributed by atoms with Gasteiger partial charge in [0.05, 0.1) is 16.2 Å². The Kier molecular flexibility index (Phi) is 10.3. The Bertz CT molecular complexity index is 1290. The third-order valence-corrected chi connectivity index (χ3v) is 9.44. The first-order chi connectivity index (χ1) is 17.4. The Morgan fingerprint density at radius 2 is 1.70 bits per heavy atom. The van der Waals surface area contributed by atoms with Gasteiger partial charge in [-0.25, -0.2) is 13.4 Å². The topological polar surface area (TPSA) is 83.0 Å². The van der Waals surface area contributed by atoms with Crippen molar-refractivity contribution in [2.75, 3.05) is 50.8 Å². The van der Waals surface area contributed by atoms with Gasteiger partial charge in [-0.1, -0.05) is 31.3 Å². The lowest BCUT2D eigenvalue weighted by Crippen LogP contribution is -2.38. The summed E-state index contributed by atoms with van der Waals surface area (Å²) in [6.45, 7) is 10.7. The Morgan fingerprint density at radius 3 is 2.32 bits per heavy atom. The fraction of sp³-hybridized carbons (Fsp3) is 0.462. The maximum absolute atomic E-state index is 13.7. The number of sulfonamides is 1. The minimum absolute atomic E-state index is 0. The molecule has 0 radical (unpaired) electrons. The highest BCUT2D eigenvalue weighted by molar-refractivity contribution is 7.89. The number of hydrogen-bond acceptors (Lipinski definition) is 7. The minimum Gasteiger partial charge on any atom is -0.492 e. The van der Waals surface area contributed by atoms with E-state index in [4.69, 9.17) is 9.72 Å². The van der Waals surface area contributed by atoms with Gasteiger partial charge in [-0.15, -0.1) is 12.4 Å². The molecular weight excluding hydrogens is 532 g/mol. The molecule has 8 nitrogen and oxygen atoms in total. The van der Waals surface area contributed by atoms with Gasteiger partial charge >= 0.3 is 0 Å². The van der Waals surface area contributed by atoms with Crippen LogP contribution in [0, 0.1) is 0 Å². The monoisotopic (exact) mass is 566 g/mol. The first kappa shape index (κ1) is 29.3. The highest BCUT2D eigenvalue weighted by atomic mass is 35.5. The SMILES string of the molecule is CCOc1cccc2sc(N(CCN(CC)CC)C(=O)c3ccc(S(=O)(=O)N4CCCC4)cc3)nc12.Cl. The molecule has 1 amide bonds. The number of ether oxygens (including phenoxy) is 1. The van der Waals surface area contributed by atoms with Gasteiger partial charge in [-0.3, -0.25) is 9.69 Å². The lowest BCUT2D eigenvalue weighted by atomic mass is 10.2. The molecule has 0 atom stereocenters. The van der Waals surface area contributed by atoms with E-state index in [1.54, 1.807) is 17.0 Å². The van der Waals surface area contributed by atoms with Crippen LogP contribution < -0.4 is 9.64 Å². The number of thiazole rings is 1. The molecular formula is C26H35ClN4O4S2. The summed E-state index contributed by atoms with van der Waals surface area (Å²) in [5, 5.41) is 0.600. The Balaban J connectivity index is 0.00000380. The molecule has 1 aromatic heterocycles. The molecule has 2 aromatic carbocycles. The predicted molar refractivity (Wildman–Crippen MR) is 152 cm³/mol. The quantitative estimate of drug-likeness (QED) is 0.329. The summed E-state index contributed by atoms with van der Waals surface area (Å²) in [5.74, 6) is 0.495. The lowest BCUT2D eigenvalue weighted by Gasteiger charge is -2.25. The average molecular weight is 567 g/mol. The van der Waals surface area contributed by atoms with Crippen LogP contribution >= 0.6 is 23.7 Å². The molecule has 2 heterocycles. The molecule has 0 bridgehead atoms.